The highest BCUT2D eigenvalue weighted by molar-refractivity contribution is 7.96. The quantitative estimate of drug-likeness (QED) is 0.111. The Labute approximate surface area is 232 Å². The number of aliphatic hydroxyl groups excluding tert-OH is 2. The highest BCUT2D eigenvalue weighted by Gasteiger charge is 2.46. The van der Waals surface area contributed by atoms with E-state index in [2.05, 4.69) is 15.0 Å². The number of aliphatic carboxylic acids is 1. The Balaban J connectivity index is 0.000000285. The molecule has 6 atom stereocenters. The molecule has 0 radical (unpaired) electrons. The Morgan fingerprint density at radius 1 is 1.18 bits per heavy atom. The molecule has 2 aromatic heterocycles. The molecule has 40 heavy (non-hydrogen) atoms. The number of nitrogens with two attached hydrogens (primary N) is 2. The Kier molecular flexibility index (Phi) is 10.2. The number of carboxylic acid groups (broad SMARTS) is 1. The number of carbonyl (C=O) groups is 2. The van der Waals surface area contributed by atoms with Crippen LogP contribution in [0.15, 0.2) is 41.8 Å². The van der Waals surface area contributed by atoms with Crippen LogP contribution in [0, 0.1) is 0 Å². The molecule has 0 amide bonds. The number of carboxylic acids is 1. The van der Waals surface area contributed by atoms with E-state index >= 15 is 0 Å². The van der Waals surface area contributed by atoms with Crippen LogP contribution in [0.1, 0.15) is 29.9 Å². The lowest BCUT2D eigenvalue weighted by Crippen LogP contribution is -2.37. The van der Waals surface area contributed by atoms with Crippen LogP contribution in [0.25, 0.3) is 11.2 Å². The van der Waals surface area contributed by atoms with Crippen molar-refractivity contribution in [2.45, 2.75) is 48.8 Å². The summed E-state index contributed by atoms with van der Waals surface area (Å²) in [5.41, 5.74) is 12.5. The van der Waals surface area contributed by atoms with Crippen molar-refractivity contribution >= 4 is 49.7 Å². The van der Waals surface area contributed by atoms with Crippen LogP contribution in [0.5, 0.6) is 0 Å². The number of carbonyl (C=O) groups excluding carboxylic acids is 1. The number of nitrogens with zero attached hydrogens (tertiary/aromatic N) is 4. The van der Waals surface area contributed by atoms with Crippen molar-refractivity contribution in [3.05, 3.63) is 42.5 Å². The van der Waals surface area contributed by atoms with Crippen molar-refractivity contribution in [3.8, 4) is 0 Å². The van der Waals surface area contributed by atoms with E-state index in [1.54, 1.807) is 0 Å². The van der Waals surface area contributed by atoms with Gasteiger partial charge in [0.05, 0.1) is 17.5 Å². The maximum absolute atomic E-state index is 10.8. The number of ether oxygens (including phenoxy) is 1. The first-order valence-corrected chi connectivity index (χ1v) is 15.2. The molecule has 7 N–H and O–H groups in total. The van der Waals surface area contributed by atoms with Crippen molar-refractivity contribution in [2.24, 2.45) is 5.73 Å². The zero-order chi connectivity index (χ0) is 29.8. The fourth-order valence-corrected chi connectivity index (χ4v) is 5.95. The Bertz CT molecular complexity index is 1450. The average molecular weight is 599 g/mol. The van der Waals surface area contributed by atoms with E-state index in [0.29, 0.717) is 34.7 Å². The van der Waals surface area contributed by atoms with Gasteiger partial charge in [-0.05, 0) is 30.0 Å². The normalized spacial score (nSPS) is 22.4. The van der Waals surface area contributed by atoms with Crippen molar-refractivity contribution in [1.29, 1.82) is 0 Å². The molecular weight excluding hydrogens is 568 g/mol. The number of Topliss-reactive ketones (excluding diaryl/α,β-unsaturated/α-hetero) is 1. The van der Waals surface area contributed by atoms with Gasteiger partial charge < -0.3 is 36.1 Å². The molecule has 1 fully saturated rings. The molecule has 3 heterocycles. The minimum absolute atomic E-state index is 0.171. The number of aliphatic hydroxyl groups is 2. The molecule has 1 unspecified atom stereocenters. The van der Waals surface area contributed by atoms with Crippen LogP contribution >= 0.6 is 0 Å². The Hall–Kier alpha value is -3.19. The lowest BCUT2D eigenvalue weighted by molar-refractivity contribution is -0.138. The number of anilines is 1. The first kappa shape index (κ1) is 31.3. The van der Waals surface area contributed by atoms with Crippen LogP contribution in [-0.4, -0.2) is 102 Å². The molecule has 0 saturated carbocycles. The summed E-state index contributed by atoms with van der Waals surface area (Å²) in [5.74, 6) is 0.0829. The van der Waals surface area contributed by atoms with Gasteiger partial charge in [-0.15, -0.1) is 0 Å². The van der Waals surface area contributed by atoms with E-state index in [1.165, 1.54) is 36.3 Å². The lowest BCUT2D eigenvalue weighted by atomic mass is 10.1. The summed E-state index contributed by atoms with van der Waals surface area (Å²) in [4.78, 5) is 33.4. The van der Waals surface area contributed by atoms with E-state index in [1.807, 2.05) is 6.26 Å². The van der Waals surface area contributed by atoms with Gasteiger partial charge in [-0.1, -0.05) is 12.1 Å². The third kappa shape index (κ3) is 7.51. The molecule has 3 aromatic rings. The number of aromatic nitrogens is 4. The SMILES string of the molecule is CC(=O)c1ccc(S(=O)(=O)[O-])cc1.C[S+](CC[C@H](N)C(=O)O)C[C@H]1O[C@@H](n2cnc3c(N)ncnc32)[C@H](O)[C@@H]1O. The van der Waals surface area contributed by atoms with Gasteiger partial charge in [0.1, 0.15) is 57.8 Å². The van der Waals surface area contributed by atoms with E-state index in [-0.39, 0.29) is 27.4 Å². The van der Waals surface area contributed by atoms with Crippen LogP contribution in [0.4, 0.5) is 5.82 Å². The second-order valence-electron chi connectivity index (χ2n) is 9.05. The predicted molar refractivity (Wildman–Crippen MR) is 143 cm³/mol. The first-order chi connectivity index (χ1) is 18.7. The Morgan fingerprint density at radius 2 is 1.82 bits per heavy atom. The molecule has 0 aliphatic carbocycles. The van der Waals surface area contributed by atoms with Crippen LogP contribution < -0.4 is 11.5 Å². The van der Waals surface area contributed by atoms with Crippen molar-refractivity contribution in [2.75, 3.05) is 23.5 Å². The average Bonchev–Trinajstić information content (AvgIpc) is 3.44. The number of ketones is 1. The number of fused-ring (bicyclic) bond motifs is 1. The van der Waals surface area contributed by atoms with Crippen LogP contribution in [-0.2, 0) is 30.5 Å². The molecule has 0 spiro atoms. The molecule has 1 aliphatic heterocycles. The molecule has 4 rings (SSSR count). The molecule has 1 saturated heterocycles. The molecule has 0 bridgehead atoms. The second kappa shape index (κ2) is 13.0. The number of hydrogen-bond acceptors (Lipinski definition) is 13. The summed E-state index contributed by atoms with van der Waals surface area (Å²) in [6.07, 6.45) is 1.31. The summed E-state index contributed by atoms with van der Waals surface area (Å²) >= 11 is 0. The van der Waals surface area contributed by atoms with Gasteiger partial charge in [0.15, 0.2) is 23.5 Å². The minimum Gasteiger partial charge on any atom is -0.744 e. The molecule has 17 heteroatoms. The number of imidazole rings is 1. The number of hydrogen-bond donors (Lipinski definition) is 5. The molecule has 15 nitrogen and oxygen atoms in total. The smallest absolute Gasteiger partial charge is 0.320 e. The lowest BCUT2D eigenvalue weighted by Gasteiger charge is -2.16. The first-order valence-electron chi connectivity index (χ1n) is 11.8. The monoisotopic (exact) mass is 598 g/mol. The van der Waals surface area contributed by atoms with Gasteiger partial charge in [-0.2, -0.15) is 0 Å². The molecular formula is C23H30N6O9S2. The summed E-state index contributed by atoms with van der Waals surface area (Å²) < 4.78 is 38.8. The zero-order valence-corrected chi connectivity index (χ0v) is 23.2. The van der Waals surface area contributed by atoms with Crippen LogP contribution in [0.2, 0.25) is 0 Å². The van der Waals surface area contributed by atoms with Gasteiger partial charge >= 0.3 is 5.97 Å². The van der Waals surface area contributed by atoms with Crippen molar-refractivity contribution < 1.29 is 42.6 Å². The van der Waals surface area contributed by atoms with Gasteiger partial charge in [0.25, 0.3) is 0 Å². The van der Waals surface area contributed by atoms with E-state index in [9.17, 15) is 32.8 Å². The molecule has 1 aromatic carbocycles. The van der Waals surface area contributed by atoms with E-state index < -0.39 is 46.7 Å². The van der Waals surface area contributed by atoms with Gasteiger partial charge in [-0.3, -0.25) is 14.2 Å². The fraction of sp³-hybridized carbons (Fsp3) is 0.435. The largest absolute Gasteiger partial charge is 0.744 e. The highest BCUT2D eigenvalue weighted by Crippen LogP contribution is 2.32. The maximum Gasteiger partial charge on any atom is 0.320 e. The van der Waals surface area contributed by atoms with Crippen LogP contribution in [0.3, 0.4) is 0 Å². The third-order valence-corrected chi connectivity index (χ3v) is 8.77. The topological polar surface area (TPSA) is 257 Å². The number of rotatable bonds is 9. The van der Waals surface area contributed by atoms with Gasteiger partial charge in [-0.25, -0.2) is 23.4 Å². The standard InChI is InChI=1S/C15H22N6O5S.C8H8O4S/c1-27(3-2-7(16)15(24)25)4-8-10(22)11(23)14(26-8)21-6-20-9-12(17)18-5-19-13(9)21;1-6(9)7-2-4-8(5-3-7)13(10,11)12/h5-8,10-11,14,22-23H,2-4,16H2,1H3,(H2-,17,18,19,24,25);2-5H,1H3,(H,10,11,12)/t7-,8+,10+,11+,14+,27?;/m0./s1. The molecule has 218 valence electrons. The third-order valence-electron chi connectivity index (χ3n) is 6.09. The van der Waals surface area contributed by atoms with Gasteiger partial charge in [0, 0.05) is 12.0 Å². The summed E-state index contributed by atoms with van der Waals surface area (Å²) in [5, 5.41) is 29.7. The number of nitrogen functional groups attached to an aromatic ring is 1. The van der Waals surface area contributed by atoms with E-state index in [4.69, 9.17) is 21.3 Å². The number of benzene rings is 1. The maximum atomic E-state index is 10.8. The van der Waals surface area contributed by atoms with Crippen molar-refractivity contribution in [3.63, 3.8) is 0 Å². The highest BCUT2D eigenvalue weighted by atomic mass is 32.2. The Morgan fingerprint density at radius 3 is 2.40 bits per heavy atom. The summed E-state index contributed by atoms with van der Waals surface area (Å²) in [6, 6.07) is 3.97. The molecule has 1 aliphatic rings. The zero-order valence-electron chi connectivity index (χ0n) is 21.5. The minimum atomic E-state index is -4.41. The van der Waals surface area contributed by atoms with Gasteiger partial charge in [0.2, 0.25) is 0 Å². The summed E-state index contributed by atoms with van der Waals surface area (Å²) in [7, 11) is -4.64. The predicted octanol–water partition coefficient (Wildman–Crippen LogP) is -1.13. The summed E-state index contributed by atoms with van der Waals surface area (Å²) in [6.45, 7) is 1.36. The second-order valence-corrected chi connectivity index (χ2v) is 12.7. The van der Waals surface area contributed by atoms with Crippen molar-refractivity contribution in [1.82, 2.24) is 19.5 Å². The van der Waals surface area contributed by atoms with E-state index in [0.717, 1.165) is 12.1 Å². The fourth-order valence-electron chi connectivity index (χ4n) is 3.82.